The lowest BCUT2D eigenvalue weighted by molar-refractivity contribution is -0.0167. The van der Waals surface area contributed by atoms with Gasteiger partial charge in [0.25, 0.3) is 5.89 Å². The van der Waals surface area contributed by atoms with E-state index in [-0.39, 0.29) is 16.7 Å². The average molecular weight is 298 g/mol. The Kier molecular flexibility index (Phi) is 3.45. The first-order valence-corrected chi connectivity index (χ1v) is 6.69. The van der Waals surface area contributed by atoms with Crippen LogP contribution >= 0.6 is 11.6 Å². The largest absolute Gasteiger partial charge is 0.379 e. The molecule has 0 aliphatic carbocycles. The lowest BCUT2D eigenvalue weighted by Crippen LogP contribution is -2.43. The standard InChI is InChI=1S/C13H13ClFN3O2/c14-10-6-8(15)2-3-9(10)11-17-12(20-18-11)13(19)4-1-5-16-7-13/h2-3,6,16,19H,1,4-5,7H2. The Morgan fingerprint density at radius 2 is 2.30 bits per heavy atom. The number of hydrogen-bond acceptors (Lipinski definition) is 5. The van der Waals surface area contributed by atoms with Crippen molar-refractivity contribution in [1.29, 1.82) is 0 Å². The lowest BCUT2D eigenvalue weighted by atomic mass is 9.94. The molecule has 1 aliphatic rings. The number of β-amino-alcohol motifs (C(OH)–C–C–N with tert-alkyl or cyclic N) is 1. The molecule has 1 aromatic heterocycles. The summed E-state index contributed by atoms with van der Waals surface area (Å²) in [7, 11) is 0. The summed E-state index contributed by atoms with van der Waals surface area (Å²) in [5, 5.41) is 17.6. The first-order valence-electron chi connectivity index (χ1n) is 6.31. The number of aliphatic hydroxyl groups is 1. The molecule has 7 heteroatoms. The molecule has 1 saturated heterocycles. The number of halogens is 2. The Bertz CT molecular complexity index is 626. The summed E-state index contributed by atoms with van der Waals surface area (Å²) in [6, 6.07) is 3.94. The highest BCUT2D eigenvalue weighted by atomic mass is 35.5. The highest BCUT2D eigenvalue weighted by Gasteiger charge is 2.37. The molecule has 106 valence electrons. The number of nitrogens with zero attached hydrogens (tertiary/aromatic N) is 2. The third-order valence-electron chi connectivity index (χ3n) is 3.36. The Hall–Kier alpha value is -1.50. The molecule has 1 atom stereocenters. The minimum absolute atomic E-state index is 0.153. The van der Waals surface area contributed by atoms with Gasteiger partial charge in [0.2, 0.25) is 5.82 Å². The van der Waals surface area contributed by atoms with Crippen LogP contribution in [0, 0.1) is 5.82 Å². The summed E-state index contributed by atoms with van der Waals surface area (Å²) in [5.41, 5.74) is -0.689. The second kappa shape index (κ2) is 5.12. The van der Waals surface area contributed by atoms with Gasteiger partial charge in [0.1, 0.15) is 5.82 Å². The molecule has 1 fully saturated rings. The summed E-state index contributed by atoms with van der Waals surface area (Å²) in [5.74, 6) is -0.0401. The van der Waals surface area contributed by atoms with Crippen LogP contribution in [0.25, 0.3) is 11.4 Å². The molecule has 1 aromatic carbocycles. The lowest BCUT2D eigenvalue weighted by Gasteiger charge is -2.28. The number of hydrogen-bond donors (Lipinski definition) is 2. The van der Waals surface area contributed by atoms with Crippen molar-refractivity contribution in [1.82, 2.24) is 15.5 Å². The normalized spacial score (nSPS) is 22.9. The average Bonchev–Trinajstić information content (AvgIpc) is 2.90. The third kappa shape index (κ3) is 2.42. The Morgan fingerprint density at radius 3 is 3.00 bits per heavy atom. The maximum absolute atomic E-state index is 13.0. The van der Waals surface area contributed by atoms with Crippen molar-refractivity contribution in [3.8, 4) is 11.4 Å². The van der Waals surface area contributed by atoms with E-state index in [0.717, 1.165) is 13.0 Å². The van der Waals surface area contributed by atoms with Crippen LogP contribution in [0.1, 0.15) is 18.7 Å². The van der Waals surface area contributed by atoms with Gasteiger partial charge in [-0.3, -0.25) is 0 Å². The van der Waals surface area contributed by atoms with E-state index in [1.807, 2.05) is 0 Å². The molecule has 20 heavy (non-hydrogen) atoms. The molecular weight excluding hydrogens is 285 g/mol. The number of benzene rings is 1. The van der Waals surface area contributed by atoms with Gasteiger partial charge in [0, 0.05) is 12.1 Å². The predicted molar refractivity (Wildman–Crippen MR) is 70.7 cm³/mol. The summed E-state index contributed by atoms with van der Waals surface area (Å²) < 4.78 is 18.2. The molecule has 3 rings (SSSR count). The fourth-order valence-electron chi connectivity index (χ4n) is 2.26. The quantitative estimate of drug-likeness (QED) is 0.888. The van der Waals surface area contributed by atoms with E-state index in [9.17, 15) is 9.50 Å². The second-order valence-corrected chi connectivity index (χ2v) is 5.27. The molecule has 1 aliphatic heterocycles. The minimum atomic E-state index is -1.16. The molecular formula is C13H13ClFN3O2. The van der Waals surface area contributed by atoms with Crippen LogP contribution in [-0.4, -0.2) is 28.3 Å². The van der Waals surface area contributed by atoms with E-state index in [1.54, 1.807) is 0 Å². The van der Waals surface area contributed by atoms with Gasteiger partial charge in [0.15, 0.2) is 5.60 Å². The summed E-state index contributed by atoms with van der Waals surface area (Å²) >= 11 is 5.96. The van der Waals surface area contributed by atoms with Gasteiger partial charge in [-0.2, -0.15) is 4.98 Å². The zero-order chi connectivity index (χ0) is 14.2. The van der Waals surface area contributed by atoms with Gasteiger partial charge >= 0.3 is 0 Å². The van der Waals surface area contributed by atoms with E-state index in [0.29, 0.717) is 18.5 Å². The molecule has 1 unspecified atom stereocenters. The van der Waals surface area contributed by atoms with Gasteiger partial charge in [-0.05, 0) is 37.6 Å². The van der Waals surface area contributed by atoms with E-state index in [2.05, 4.69) is 15.5 Å². The van der Waals surface area contributed by atoms with Gasteiger partial charge in [-0.15, -0.1) is 0 Å². The van der Waals surface area contributed by atoms with E-state index in [4.69, 9.17) is 16.1 Å². The van der Waals surface area contributed by atoms with E-state index >= 15 is 0 Å². The molecule has 2 N–H and O–H groups in total. The third-order valence-corrected chi connectivity index (χ3v) is 3.67. The second-order valence-electron chi connectivity index (χ2n) is 4.86. The molecule has 5 nitrogen and oxygen atoms in total. The van der Waals surface area contributed by atoms with Gasteiger partial charge in [0.05, 0.1) is 5.02 Å². The van der Waals surface area contributed by atoms with Crippen LogP contribution in [-0.2, 0) is 5.60 Å². The zero-order valence-electron chi connectivity index (χ0n) is 10.6. The van der Waals surface area contributed by atoms with Crippen molar-refractivity contribution >= 4 is 11.6 Å². The molecule has 0 spiro atoms. The van der Waals surface area contributed by atoms with Gasteiger partial charge in [-0.1, -0.05) is 16.8 Å². The molecule has 2 heterocycles. The first-order chi connectivity index (χ1) is 9.58. The number of nitrogens with one attached hydrogen (secondary N) is 1. The van der Waals surface area contributed by atoms with Crippen molar-refractivity contribution in [3.63, 3.8) is 0 Å². The maximum Gasteiger partial charge on any atom is 0.260 e. The minimum Gasteiger partial charge on any atom is -0.379 e. The summed E-state index contributed by atoms with van der Waals surface area (Å²) in [4.78, 5) is 4.19. The number of rotatable bonds is 2. The van der Waals surface area contributed by atoms with Crippen LogP contribution < -0.4 is 5.32 Å². The Balaban J connectivity index is 1.93. The highest BCUT2D eigenvalue weighted by Crippen LogP contribution is 2.31. The molecule has 0 amide bonds. The number of aromatic nitrogens is 2. The zero-order valence-corrected chi connectivity index (χ0v) is 11.3. The summed E-state index contributed by atoms with van der Waals surface area (Å²) in [6.45, 7) is 1.22. The highest BCUT2D eigenvalue weighted by molar-refractivity contribution is 6.33. The molecule has 0 bridgehead atoms. The molecule has 0 saturated carbocycles. The van der Waals surface area contributed by atoms with Crippen molar-refractivity contribution in [3.05, 3.63) is 34.9 Å². The Morgan fingerprint density at radius 1 is 1.45 bits per heavy atom. The van der Waals surface area contributed by atoms with Crippen molar-refractivity contribution in [2.24, 2.45) is 0 Å². The monoisotopic (exact) mass is 297 g/mol. The fourth-order valence-corrected chi connectivity index (χ4v) is 2.52. The summed E-state index contributed by atoms with van der Waals surface area (Å²) in [6.07, 6.45) is 1.38. The number of piperidine rings is 1. The van der Waals surface area contributed by atoms with Crippen molar-refractivity contribution < 1.29 is 14.0 Å². The van der Waals surface area contributed by atoms with Gasteiger partial charge in [-0.25, -0.2) is 4.39 Å². The Labute approximate surface area is 119 Å². The van der Waals surface area contributed by atoms with Crippen LogP contribution in [0.5, 0.6) is 0 Å². The van der Waals surface area contributed by atoms with Crippen LogP contribution in [0.4, 0.5) is 4.39 Å². The smallest absolute Gasteiger partial charge is 0.260 e. The maximum atomic E-state index is 13.0. The van der Waals surface area contributed by atoms with Crippen LogP contribution in [0.15, 0.2) is 22.7 Å². The van der Waals surface area contributed by atoms with Crippen LogP contribution in [0.2, 0.25) is 5.02 Å². The van der Waals surface area contributed by atoms with E-state index < -0.39 is 11.4 Å². The van der Waals surface area contributed by atoms with Crippen molar-refractivity contribution in [2.45, 2.75) is 18.4 Å². The van der Waals surface area contributed by atoms with E-state index in [1.165, 1.54) is 18.2 Å². The van der Waals surface area contributed by atoms with Crippen molar-refractivity contribution in [2.75, 3.05) is 13.1 Å². The first kappa shape index (κ1) is 13.5. The van der Waals surface area contributed by atoms with Crippen LogP contribution in [0.3, 0.4) is 0 Å². The topological polar surface area (TPSA) is 71.2 Å². The predicted octanol–water partition coefficient (Wildman–Crippen LogP) is 2.10. The molecule has 0 radical (unpaired) electrons. The SMILES string of the molecule is OC1(c2nc(-c3ccc(F)cc3Cl)no2)CCCNC1. The fraction of sp³-hybridized carbons (Fsp3) is 0.385. The molecule has 2 aromatic rings. The van der Waals surface area contributed by atoms with Gasteiger partial charge < -0.3 is 14.9 Å².